The summed E-state index contributed by atoms with van der Waals surface area (Å²) in [5.41, 5.74) is 1.49. The van der Waals surface area contributed by atoms with Crippen LogP contribution in [0.3, 0.4) is 0 Å². The molecule has 2 aromatic carbocycles. The number of rotatable bonds is 5. The van der Waals surface area contributed by atoms with Gasteiger partial charge in [-0.1, -0.05) is 35.9 Å². The maximum atomic E-state index is 14.0. The van der Waals surface area contributed by atoms with Crippen LogP contribution in [0.2, 0.25) is 5.02 Å². The molecule has 7 heteroatoms. The summed E-state index contributed by atoms with van der Waals surface area (Å²) >= 11 is 6.13. The molecule has 0 spiro atoms. The van der Waals surface area contributed by atoms with Gasteiger partial charge in [-0.15, -0.1) is 10.2 Å². The number of hydrogen-bond acceptors (Lipinski definition) is 5. The fourth-order valence-corrected chi connectivity index (χ4v) is 3.44. The lowest BCUT2D eigenvalue weighted by Gasteiger charge is -2.34. The van der Waals surface area contributed by atoms with Crippen LogP contribution in [0.1, 0.15) is 11.5 Å². The van der Waals surface area contributed by atoms with Crippen LogP contribution in [-0.4, -0.2) is 46.2 Å². The minimum absolute atomic E-state index is 0.246. The maximum absolute atomic E-state index is 14.0. The van der Waals surface area contributed by atoms with Crippen molar-refractivity contribution in [2.24, 2.45) is 0 Å². The molecule has 27 heavy (non-hydrogen) atoms. The predicted octanol–water partition coefficient (Wildman–Crippen LogP) is 3.85. The van der Waals surface area contributed by atoms with E-state index in [4.69, 9.17) is 16.0 Å². The molecule has 0 radical (unpaired) electrons. The van der Waals surface area contributed by atoms with E-state index in [1.807, 2.05) is 30.3 Å². The van der Waals surface area contributed by atoms with Crippen molar-refractivity contribution in [1.29, 1.82) is 0 Å². The summed E-state index contributed by atoms with van der Waals surface area (Å²) in [6.45, 7) is 4.53. The molecule has 0 atom stereocenters. The molecule has 1 saturated heterocycles. The lowest BCUT2D eigenvalue weighted by molar-refractivity contribution is 0.114. The summed E-state index contributed by atoms with van der Waals surface area (Å²) < 4.78 is 19.7. The van der Waals surface area contributed by atoms with E-state index in [-0.39, 0.29) is 5.82 Å². The zero-order valence-electron chi connectivity index (χ0n) is 14.8. The minimum Gasteiger partial charge on any atom is -0.419 e. The molecule has 3 aromatic rings. The first-order valence-electron chi connectivity index (χ1n) is 8.94. The summed E-state index contributed by atoms with van der Waals surface area (Å²) in [6.07, 6.45) is 0. The van der Waals surface area contributed by atoms with Gasteiger partial charge in [0.05, 0.1) is 6.54 Å². The highest BCUT2D eigenvalue weighted by atomic mass is 35.5. The molecular formula is C20H20ClFN4O. The van der Waals surface area contributed by atoms with Gasteiger partial charge in [0.2, 0.25) is 11.8 Å². The van der Waals surface area contributed by atoms with Crippen molar-refractivity contribution in [3.8, 4) is 11.5 Å². The van der Waals surface area contributed by atoms with Gasteiger partial charge in [0, 0.05) is 48.9 Å². The Bertz CT molecular complexity index is 874. The third kappa shape index (κ3) is 4.35. The molecule has 0 unspecified atom stereocenters. The van der Waals surface area contributed by atoms with Crippen LogP contribution in [-0.2, 0) is 13.1 Å². The van der Waals surface area contributed by atoms with Crippen LogP contribution >= 0.6 is 11.6 Å². The standard InChI is InChI=1S/C20H20ClFN4O/c21-17-7-4-8-18(22)16(17)13-25-9-11-26(12-10-25)14-19-23-24-20(27-19)15-5-2-1-3-6-15/h1-8H,9-14H2. The number of nitrogens with zero attached hydrogens (tertiary/aromatic N) is 4. The Balaban J connectivity index is 1.32. The lowest BCUT2D eigenvalue weighted by Crippen LogP contribution is -2.45. The van der Waals surface area contributed by atoms with Crippen molar-refractivity contribution < 1.29 is 8.81 Å². The van der Waals surface area contributed by atoms with Gasteiger partial charge in [-0.25, -0.2) is 4.39 Å². The average molecular weight is 387 g/mol. The highest BCUT2D eigenvalue weighted by molar-refractivity contribution is 6.31. The molecule has 0 bridgehead atoms. The van der Waals surface area contributed by atoms with E-state index in [0.29, 0.717) is 35.5 Å². The largest absolute Gasteiger partial charge is 0.419 e. The SMILES string of the molecule is Fc1cccc(Cl)c1CN1CCN(Cc2nnc(-c3ccccc3)o2)CC1. The second-order valence-electron chi connectivity index (χ2n) is 6.62. The van der Waals surface area contributed by atoms with Gasteiger partial charge in [-0.2, -0.15) is 0 Å². The van der Waals surface area contributed by atoms with Crippen LogP contribution < -0.4 is 0 Å². The van der Waals surface area contributed by atoms with E-state index >= 15 is 0 Å². The van der Waals surface area contributed by atoms with Crippen molar-refractivity contribution >= 4 is 11.6 Å². The quantitative estimate of drug-likeness (QED) is 0.666. The van der Waals surface area contributed by atoms with Crippen LogP contribution in [0.15, 0.2) is 52.9 Å². The summed E-state index contributed by atoms with van der Waals surface area (Å²) in [4.78, 5) is 4.48. The van der Waals surface area contributed by atoms with Gasteiger partial charge in [-0.3, -0.25) is 9.80 Å². The molecular weight excluding hydrogens is 367 g/mol. The fraction of sp³-hybridized carbons (Fsp3) is 0.300. The Morgan fingerprint density at radius 2 is 1.59 bits per heavy atom. The van der Waals surface area contributed by atoms with Gasteiger partial charge in [0.15, 0.2) is 0 Å². The lowest BCUT2D eigenvalue weighted by atomic mass is 10.2. The average Bonchev–Trinajstić information content (AvgIpc) is 3.15. The smallest absolute Gasteiger partial charge is 0.247 e. The van der Waals surface area contributed by atoms with Crippen LogP contribution in [0.25, 0.3) is 11.5 Å². The van der Waals surface area contributed by atoms with Crippen molar-refractivity contribution in [3.63, 3.8) is 0 Å². The van der Waals surface area contributed by atoms with Crippen molar-refractivity contribution in [2.75, 3.05) is 26.2 Å². The molecule has 0 aliphatic carbocycles. The van der Waals surface area contributed by atoms with Crippen molar-refractivity contribution in [2.45, 2.75) is 13.1 Å². The topological polar surface area (TPSA) is 45.4 Å². The molecule has 1 fully saturated rings. The summed E-state index contributed by atoms with van der Waals surface area (Å²) in [6, 6.07) is 14.6. The van der Waals surface area contributed by atoms with E-state index in [1.165, 1.54) is 6.07 Å². The Morgan fingerprint density at radius 1 is 0.889 bits per heavy atom. The first-order chi connectivity index (χ1) is 13.2. The molecule has 5 nitrogen and oxygen atoms in total. The van der Waals surface area contributed by atoms with E-state index in [1.54, 1.807) is 12.1 Å². The molecule has 2 heterocycles. The van der Waals surface area contributed by atoms with Gasteiger partial charge >= 0.3 is 0 Å². The van der Waals surface area contributed by atoms with Gasteiger partial charge in [0.25, 0.3) is 0 Å². The van der Waals surface area contributed by atoms with Gasteiger partial charge in [0.1, 0.15) is 5.82 Å². The summed E-state index contributed by atoms with van der Waals surface area (Å²) in [5.74, 6) is 0.905. The molecule has 1 aliphatic heterocycles. The van der Waals surface area contributed by atoms with E-state index < -0.39 is 0 Å². The maximum Gasteiger partial charge on any atom is 0.247 e. The molecule has 1 aliphatic rings. The minimum atomic E-state index is -0.246. The second-order valence-corrected chi connectivity index (χ2v) is 7.03. The number of aromatic nitrogens is 2. The highest BCUT2D eigenvalue weighted by Gasteiger charge is 2.21. The Hall–Kier alpha value is -2.28. The zero-order valence-corrected chi connectivity index (χ0v) is 15.6. The zero-order chi connectivity index (χ0) is 18.6. The molecule has 4 rings (SSSR count). The van der Waals surface area contributed by atoms with Crippen LogP contribution in [0.4, 0.5) is 4.39 Å². The molecule has 0 amide bonds. The summed E-state index contributed by atoms with van der Waals surface area (Å²) in [5, 5.41) is 8.77. The fourth-order valence-electron chi connectivity index (χ4n) is 3.22. The number of piperazine rings is 1. The Kier molecular flexibility index (Phi) is 5.48. The second kappa shape index (κ2) is 8.17. The Morgan fingerprint density at radius 3 is 2.30 bits per heavy atom. The van der Waals surface area contributed by atoms with E-state index in [0.717, 1.165) is 31.7 Å². The highest BCUT2D eigenvalue weighted by Crippen LogP contribution is 2.22. The van der Waals surface area contributed by atoms with Crippen molar-refractivity contribution in [1.82, 2.24) is 20.0 Å². The van der Waals surface area contributed by atoms with E-state index in [9.17, 15) is 4.39 Å². The van der Waals surface area contributed by atoms with Gasteiger partial charge in [-0.05, 0) is 24.3 Å². The number of benzene rings is 2. The van der Waals surface area contributed by atoms with Gasteiger partial charge < -0.3 is 4.42 Å². The molecule has 140 valence electrons. The Labute approximate surface area is 162 Å². The van der Waals surface area contributed by atoms with Crippen molar-refractivity contribution in [3.05, 3.63) is 70.8 Å². The van der Waals surface area contributed by atoms with E-state index in [2.05, 4.69) is 20.0 Å². The molecule has 1 aromatic heterocycles. The van der Waals surface area contributed by atoms with Crippen LogP contribution in [0.5, 0.6) is 0 Å². The monoisotopic (exact) mass is 386 g/mol. The third-order valence-corrected chi connectivity index (χ3v) is 5.11. The number of halogens is 2. The molecule has 0 saturated carbocycles. The first kappa shape index (κ1) is 18.1. The third-order valence-electron chi connectivity index (χ3n) is 4.75. The predicted molar refractivity (Wildman–Crippen MR) is 102 cm³/mol. The first-order valence-corrected chi connectivity index (χ1v) is 9.32. The molecule has 0 N–H and O–H groups in total. The van der Waals surface area contributed by atoms with Crippen LogP contribution in [0, 0.1) is 5.82 Å². The number of hydrogen-bond donors (Lipinski definition) is 0. The normalized spacial score (nSPS) is 15.9. The summed E-state index contributed by atoms with van der Waals surface area (Å²) in [7, 11) is 0.